The summed E-state index contributed by atoms with van der Waals surface area (Å²) in [7, 11) is 4.18. The summed E-state index contributed by atoms with van der Waals surface area (Å²) in [4.78, 5) is 46.4. The Hall–Kier alpha value is -4.49. The molecule has 0 unspecified atom stereocenters. The van der Waals surface area contributed by atoms with Gasteiger partial charge in [0.2, 0.25) is 5.91 Å². The first kappa shape index (κ1) is 42.1. The zero-order valence-corrected chi connectivity index (χ0v) is 32.7. The van der Waals surface area contributed by atoms with Crippen LogP contribution in [0.25, 0.3) is 11.1 Å². The number of anilines is 1. The predicted molar refractivity (Wildman–Crippen MR) is 212 cm³/mol. The molecule has 0 radical (unpaired) electrons. The quantitative estimate of drug-likeness (QED) is 0.150. The monoisotopic (exact) mass is 793 g/mol. The number of halogens is 5. The Morgan fingerprint density at radius 3 is 2.18 bits per heavy atom. The zero-order chi connectivity index (χ0) is 41.1. The minimum atomic E-state index is -5.78. The molecule has 0 spiro atoms. The number of carbonyl (C=O) groups is 3. The second kappa shape index (κ2) is 17.6. The SMILES string of the molecule is Cc1cc(C(=O)NC2CCC(N(C)C)CC2)ccc1-c1ccc(C[C@H](CC(=O)C2CCC(CN)CC2)C(=O)Nc2ccc3c(c2)N=C(C(F)(F)C(F)(F)F)C3)cc1. The number of hydrogen-bond donors (Lipinski definition) is 3. The average molecular weight is 794 g/mol. The molecule has 2 amide bonds. The fourth-order valence-corrected chi connectivity index (χ4v) is 8.48. The molecule has 57 heavy (non-hydrogen) atoms. The summed E-state index contributed by atoms with van der Waals surface area (Å²) in [6.07, 6.45) is 0.883. The Labute approximate surface area is 330 Å². The maximum Gasteiger partial charge on any atom is 0.459 e. The van der Waals surface area contributed by atoms with Crippen molar-refractivity contribution in [3.8, 4) is 11.1 Å². The van der Waals surface area contributed by atoms with Gasteiger partial charge in [-0.15, -0.1) is 0 Å². The van der Waals surface area contributed by atoms with Crippen LogP contribution in [0.5, 0.6) is 0 Å². The van der Waals surface area contributed by atoms with Gasteiger partial charge in [-0.2, -0.15) is 22.0 Å². The normalized spacial score (nSPS) is 21.8. The molecule has 0 saturated heterocycles. The van der Waals surface area contributed by atoms with Crippen molar-refractivity contribution in [3.05, 3.63) is 82.9 Å². The van der Waals surface area contributed by atoms with Crippen molar-refractivity contribution in [1.29, 1.82) is 0 Å². The van der Waals surface area contributed by atoms with Crippen LogP contribution in [-0.4, -0.2) is 73.0 Å². The number of carbonyl (C=O) groups excluding carboxylic acids is 3. The van der Waals surface area contributed by atoms with Gasteiger partial charge in [-0.05, 0) is 143 Å². The fourth-order valence-electron chi connectivity index (χ4n) is 8.48. The number of nitrogens with one attached hydrogen (secondary N) is 2. The van der Waals surface area contributed by atoms with Crippen LogP contribution >= 0.6 is 0 Å². The number of amides is 2. The van der Waals surface area contributed by atoms with E-state index in [9.17, 15) is 36.3 Å². The lowest BCUT2D eigenvalue weighted by molar-refractivity contribution is -0.249. The van der Waals surface area contributed by atoms with Crippen molar-refractivity contribution in [1.82, 2.24) is 10.2 Å². The van der Waals surface area contributed by atoms with Crippen molar-refractivity contribution in [2.45, 2.75) is 102 Å². The predicted octanol–water partition coefficient (Wildman–Crippen LogP) is 8.61. The number of fused-ring (bicyclic) bond motifs is 1. The number of hydrogen-bond acceptors (Lipinski definition) is 6. The van der Waals surface area contributed by atoms with Gasteiger partial charge in [-0.1, -0.05) is 36.4 Å². The van der Waals surface area contributed by atoms with Crippen LogP contribution in [0.15, 0.2) is 65.7 Å². The van der Waals surface area contributed by atoms with Crippen molar-refractivity contribution >= 4 is 34.7 Å². The number of aryl methyl sites for hydroxylation is 1. The van der Waals surface area contributed by atoms with E-state index < -0.39 is 36.1 Å². The molecule has 306 valence electrons. The second-order valence-electron chi connectivity index (χ2n) is 16.3. The standard InChI is InChI=1S/C44H52F5N5O3/c1-26-20-32(41(56)51-34-15-17-36(18-16-34)54(2)3)13-19-37(26)29-8-4-27(5-9-29)21-33(22-39(55)30-10-6-28(25-50)7-11-30)42(57)52-35-14-12-31-23-40(53-38(31)24-35)43(45,46)44(47,48)49/h4-5,8-9,12-14,19-20,24,28,30,33-34,36H,6-7,10-11,15-18,21-23,25,50H2,1-3H3,(H,51,56)(H,52,57)/t28?,30?,33-,34?,36?/m1/s1. The van der Waals surface area contributed by atoms with E-state index >= 15 is 0 Å². The number of alkyl halides is 5. The maximum atomic E-state index is 14.0. The van der Waals surface area contributed by atoms with Crippen LogP contribution in [0.1, 0.15) is 84.8 Å². The molecule has 3 aliphatic rings. The summed E-state index contributed by atoms with van der Waals surface area (Å²) >= 11 is 0. The molecule has 2 fully saturated rings. The van der Waals surface area contributed by atoms with Crippen LogP contribution < -0.4 is 16.4 Å². The Bertz CT molecular complexity index is 1960. The lowest BCUT2D eigenvalue weighted by Crippen LogP contribution is -2.44. The highest BCUT2D eigenvalue weighted by Gasteiger charge is 2.61. The number of benzene rings is 3. The summed E-state index contributed by atoms with van der Waals surface area (Å²) in [5, 5.41) is 5.97. The van der Waals surface area contributed by atoms with E-state index in [4.69, 9.17) is 5.73 Å². The summed E-state index contributed by atoms with van der Waals surface area (Å²) in [6.45, 7) is 2.53. The number of nitrogens with zero attached hydrogens (tertiary/aromatic N) is 2. The Balaban J connectivity index is 1.14. The second-order valence-corrected chi connectivity index (χ2v) is 16.3. The van der Waals surface area contributed by atoms with E-state index in [0.717, 1.165) is 60.8 Å². The topological polar surface area (TPSA) is 117 Å². The number of rotatable bonds is 13. The fraction of sp³-hybridized carbons (Fsp3) is 0.500. The Morgan fingerprint density at radius 1 is 0.877 bits per heavy atom. The first-order valence-electron chi connectivity index (χ1n) is 19.9. The molecule has 1 aliphatic heterocycles. The van der Waals surface area contributed by atoms with Gasteiger partial charge < -0.3 is 21.3 Å². The highest BCUT2D eigenvalue weighted by molar-refractivity contribution is 6.01. The van der Waals surface area contributed by atoms with Crippen molar-refractivity contribution in [2.75, 3.05) is 26.0 Å². The molecule has 1 atom stereocenters. The van der Waals surface area contributed by atoms with E-state index in [1.165, 1.54) is 18.2 Å². The lowest BCUT2D eigenvalue weighted by Gasteiger charge is -2.33. The summed E-state index contributed by atoms with van der Waals surface area (Å²) in [6, 6.07) is 18.2. The van der Waals surface area contributed by atoms with Gasteiger partial charge in [0, 0.05) is 48.0 Å². The molecule has 4 N–H and O–H groups in total. The number of ketones is 1. The van der Waals surface area contributed by atoms with Gasteiger partial charge in [0.05, 0.1) is 5.69 Å². The molecule has 3 aromatic rings. The highest BCUT2D eigenvalue weighted by atomic mass is 19.4. The molecule has 0 bridgehead atoms. The molecule has 2 aliphatic carbocycles. The van der Waals surface area contributed by atoms with Crippen LogP contribution in [0, 0.1) is 24.7 Å². The minimum absolute atomic E-state index is 0.0131. The van der Waals surface area contributed by atoms with Gasteiger partial charge in [0.1, 0.15) is 11.5 Å². The van der Waals surface area contributed by atoms with Crippen molar-refractivity contribution in [3.63, 3.8) is 0 Å². The molecule has 0 aromatic heterocycles. The minimum Gasteiger partial charge on any atom is -0.349 e. The third-order valence-electron chi connectivity index (χ3n) is 12.1. The van der Waals surface area contributed by atoms with Crippen LogP contribution in [0.4, 0.5) is 33.3 Å². The van der Waals surface area contributed by atoms with Crippen molar-refractivity contribution < 1.29 is 36.3 Å². The first-order valence-corrected chi connectivity index (χ1v) is 19.9. The molecule has 1 heterocycles. The number of Topliss-reactive ketones (excluding diaryl/α,β-unsaturated/α-hetero) is 1. The molecule has 6 rings (SSSR count). The summed E-state index contributed by atoms with van der Waals surface area (Å²) in [5.41, 5.74) is 9.09. The van der Waals surface area contributed by atoms with Crippen molar-refractivity contribution in [2.24, 2.45) is 28.5 Å². The maximum absolute atomic E-state index is 14.0. The van der Waals surface area contributed by atoms with Gasteiger partial charge in [-0.25, -0.2) is 0 Å². The average Bonchev–Trinajstić information content (AvgIpc) is 3.62. The highest BCUT2D eigenvalue weighted by Crippen LogP contribution is 2.42. The number of aliphatic imine (C=N–C) groups is 1. The molecular formula is C44H52F5N5O3. The summed E-state index contributed by atoms with van der Waals surface area (Å²) in [5.74, 6) is -6.24. The largest absolute Gasteiger partial charge is 0.459 e. The molecular weight excluding hydrogens is 742 g/mol. The molecule has 13 heteroatoms. The summed E-state index contributed by atoms with van der Waals surface area (Å²) < 4.78 is 67.2. The zero-order valence-electron chi connectivity index (χ0n) is 32.7. The van der Waals surface area contributed by atoms with E-state index in [-0.39, 0.29) is 53.4 Å². The van der Waals surface area contributed by atoms with Gasteiger partial charge in [0.15, 0.2) is 0 Å². The lowest BCUT2D eigenvalue weighted by atomic mass is 9.77. The molecule has 2 saturated carbocycles. The Morgan fingerprint density at radius 2 is 1.56 bits per heavy atom. The first-order chi connectivity index (χ1) is 27.0. The Kier molecular flexibility index (Phi) is 13.0. The van der Waals surface area contributed by atoms with Crippen LogP contribution in [0.3, 0.4) is 0 Å². The van der Waals surface area contributed by atoms with Gasteiger partial charge in [0.25, 0.3) is 5.91 Å². The third kappa shape index (κ3) is 9.97. The third-order valence-corrected chi connectivity index (χ3v) is 12.1. The van der Waals surface area contributed by atoms with E-state index in [1.54, 1.807) is 0 Å². The van der Waals surface area contributed by atoms with Gasteiger partial charge >= 0.3 is 12.1 Å². The van der Waals surface area contributed by atoms with Crippen LogP contribution in [0.2, 0.25) is 0 Å². The molecule has 8 nitrogen and oxygen atoms in total. The number of nitrogens with two attached hydrogens (primary N) is 1. The van der Waals surface area contributed by atoms with Crippen LogP contribution in [-0.2, 0) is 22.4 Å². The van der Waals surface area contributed by atoms with E-state index in [2.05, 4.69) is 34.6 Å². The van der Waals surface area contributed by atoms with Gasteiger partial charge in [-0.3, -0.25) is 19.4 Å². The molecule has 3 aromatic carbocycles. The van der Waals surface area contributed by atoms with E-state index in [0.29, 0.717) is 36.9 Å². The van der Waals surface area contributed by atoms with E-state index in [1.807, 2.05) is 49.4 Å². The smallest absolute Gasteiger partial charge is 0.349 e.